The Bertz CT molecular complexity index is 255. The highest BCUT2D eigenvalue weighted by Crippen LogP contribution is 2.30. The maximum Gasteiger partial charge on any atom is 0.305 e. The summed E-state index contributed by atoms with van der Waals surface area (Å²) in [5, 5.41) is 8.51. The summed E-state index contributed by atoms with van der Waals surface area (Å²) >= 11 is 0. The van der Waals surface area contributed by atoms with Crippen LogP contribution in [0.4, 0.5) is 0 Å². The molecule has 1 heterocycles. The van der Waals surface area contributed by atoms with Crippen LogP contribution in [0.2, 0.25) is 0 Å². The monoisotopic (exact) mass is 286 g/mol. The van der Waals surface area contributed by atoms with E-state index < -0.39 is 0 Å². The lowest BCUT2D eigenvalue weighted by Crippen LogP contribution is -2.07. The van der Waals surface area contributed by atoms with Gasteiger partial charge in [-0.15, -0.1) is 0 Å². The fraction of sp³-hybridized carbons (Fsp3) is 0.938. The van der Waals surface area contributed by atoms with Crippen molar-refractivity contribution >= 4 is 5.97 Å². The van der Waals surface area contributed by atoms with Crippen molar-refractivity contribution in [3.63, 3.8) is 0 Å². The Kier molecular flexibility index (Phi) is 9.67. The van der Waals surface area contributed by atoms with Gasteiger partial charge < -0.3 is 14.6 Å². The number of ether oxygens (including phenoxy) is 2. The maximum absolute atomic E-state index is 11.2. The topological polar surface area (TPSA) is 59.1 Å². The number of hydrogen-bond acceptors (Lipinski definition) is 4. The molecule has 1 rings (SSSR count). The highest BCUT2D eigenvalue weighted by molar-refractivity contribution is 5.69. The van der Waals surface area contributed by atoms with E-state index in [4.69, 9.17) is 14.6 Å². The molecule has 0 aromatic heterocycles. The van der Waals surface area contributed by atoms with Crippen LogP contribution in [0.1, 0.15) is 71.1 Å². The van der Waals surface area contributed by atoms with Crippen LogP contribution in [0, 0.1) is 0 Å². The Labute approximate surface area is 122 Å². The molecule has 118 valence electrons. The van der Waals surface area contributed by atoms with E-state index in [2.05, 4.69) is 6.92 Å². The summed E-state index contributed by atoms with van der Waals surface area (Å²) in [4.78, 5) is 11.2. The number of aliphatic hydroxyl groups excluding tert-OH is 1. The van der Waals surface area contributed by atoms with Crippen molar-refractivity contribution in [2.75, 3.05) is 13.2 Å². The average molecular weight is 286 g/mol. The fourth-order valence-corrected chi connectivity index (χ4v) is 2.53. The van der Waals surface area contributed by atoms with Gasteiger partial charge in [0.25, 0.3) is 0 Å². The molecule has 1 aliphatic rings. The number of aliphatic hydroxyl groups is 1. The second-order valence-corrected chi connectivity index (χ2v) is 5.61. The predicted molar refractivity (Wildman–Crippen MR) is 78.5 cm³/mol. The molecular weight excluding hydrogens is 256 g/mol. The van der Waals surface area contributed by atoms with Crippen molar-refractivity contribution in [2.45, 2.75) is 83.3 Å². The highest BCUT2D eigenvalue weighted by Gasteiger charge is 2.36. The second kappa shape index (κ2) is 11.1. The third-order valence-corrected chi connectivity index (χ3v) is 3.73. The van der Waals surface area contributed by atoms with Crippen LogP contribution in [-0.2, 0) is 14.3 Å². The number of epoxide rings is 1. The van der Waals surface area contributed by atoms with E-state index >= 15 is 0 Å². The van der Waals surface area contributed by atoms with Gasteiger partial charge in [-0.25, -0.2) is 0 Å². The summed E-state index contributed by atoms with van der Waals surface area (Å²) in [7, 11) is 0. The van der Waals surface area contributed by atoms with Crippen LogP contribution >= 0.6 is 0 Å². The summed E-state index contributed by atoms with van der Waals surface area (Å²) in [6.45, 7) is 2.25. The first-order chi connectivity index (χ1) is 9.77. The molecule has 0 bridgehead atoms. The summed E-state index contributed by atoms with van der Waals surface area (Å²) in [5.74, 6) is -0.188. The number of rotatable bonds is 13. The van der Waals surface area contributed by atoms with E-state index in [9.17, 15) is 4.79 Å². The molecule has 0 aromatic rings. The zero-order chi connectivity index (χ0) is 14.6. The van der Waals surface area contributed by atoms with Gasteiger partial charge >= 0.3 is 5.97 Å². The second-order valence-electron chi connectivity index (χ2n) is 5.61. The molecule has 1 fully saturated rings. The van der Waals surface area contributed by atoms with Gasteiger partial charge in [0.1, 0.15) is 6.61 Å². The number of hydrogen-bond donors (Lipinski definition) is 1. The largest absolute Gasteiger partial charge is 0.463 e. The lowest BCUT2D eigenvalue weighted by Gasteiger charge is -2.03. The van der Waals surface area contributed by atoms with Gasteiger partial charge in [-0.1, -0.05) is 45.4 Å². The summed E-state index contributed by atoms with van der Waals surface area (Å²) in [6, 6.07) is 0. The molecule has 4 nitrogen and oxygen atoms in total. The number of unbranched alkanes of at least 4 members (excludes halogenated alkanes) is 5. The van der Waals surface area contributed by atoms with Crippen LogP contribution in [0.25, 0.3) is 0 Å². The number of carbonyl (C=O) groups excluding carboxylic acids is 1. The summed E-state index contributed by atoms with van der Waals surface area (Å²) in [5.41, 5.74) is 0. The molecule has 0 radical (unpaired) electrons. The van der Waals surface area contributed by atoms with Gasteiger partial charge in [-0.3, -0.25) is 4.79 Å². The zero-order valence-corrected chi connectivity index (χ0v) is 12.8. The standard InChI is InChI=1S/C16H30O4/c1-2-9-14-15(20-14)10-7-5-3-4-6-8-11-16(18)19-13-12-17/h14-15,17H,2-13H2,1H3. The first-order valence-electron chi connectivity index (χ1n) is 8.20. The molecule has 0 aliphatic carbocycles. The fourth-order valence-electron chi connectivity index (χ4n) is 2.53. The smallest absolute Gasteiger partial charge is 0.305 e. The number of esters is 1. The Morgan fingerprint density at radius 2 is 1.70 bits per heavy atom. The van der Waals surface area contributed by atoms with E-state index in [0.717, 1.165) is 12.8 Å². The summed E-state index contributed by atoms with van der Waals surface area (Å²) < 4.78 is 10.4. The molecular formula is C16H30O4. The molecule has 0 aromatic carbocycles. The average Bonchev–Trinajstić information content (AvgIpc) is 3.18. The van der Waals surface area contributed by atoms with Crippen molar-refractivity contribution < 1.29 is 19.4 Å². The van der Waals surface area contributed by atoms with Crippen molar-refractivity contribution in [2.24, 2.45) is 0 Å². The third-order valence-electron chi connectivity index (χ3n) is 3.73. The SMILES string of the molecule is CCCC1OC1CCCCCCCCC(=O)OCCO. The van der Waals surface area contributed by atoms with E-state index in [1.54, 1.807) is 0 Å². The minimum Gasteiger partial charge on any atom is -0.463 e. The predicted octanol–water partition coefficient (Wildman–Crippen LogP) is 3.21. The van der Waals surface area contributed by atoms with E-state index in [-0.39, 0.29) is 19.2 Å². The molecule has 0 spiro atoms. The molecule has 2 unspecified atom stereocenters. The van der Waals surface area contributed by atoms with Gasteiger partial charge in [-0.05, 0) is 19.3 Å². The van der Waals surface area contributed by atoms with Gasteiger partial charge in [0.2, 0.25) is 0 Å². The Morgan fingerprint density at radius 3 is 2.40 bits per heavy atom. The molecule has 1 aliphatic heterocycles. The summed E-state index contributed by atoms with van der Waals surface area (Å²) in [6.07, 6.45) is 12.2. The van der Waals surface area contributed by atoms with Crippen molar-refractivity contribution in [1.29, 1.82) is 0 Å². The van der Waals surface area contributed by atoms with E-state index in [1.807, 2.05) is 0 Å². The van der Waals surface area contributed by atoms with Crippen molar-refractivity contribution in [1.82, 2.24) is 0 Å². The maximum atomic E-state index is 11.2. The third kappa shape index (κ3) is 8.54. The molecule has 20 heavy (non-hydrogen) atoms. The van der Waals surface area contributed by atoms with Gasteiger partial charge in [0.15, 0.2) is 0 Å². The van der Waals surface area contributed by atoms with Crippen molar-refractivity contribution in [3.8, 4) is 0 Å². The Morgan fingerprint density at radius 1 is 1.05 bits per heavy atom. The van der Waals surface area contributed by atoms with Crippen LogP contribution in [0.3, 0.4) is 0 Å². The van der Waals surface area contributed by atoms with Crippen LogP contribution in [-0.4, -0.2) is 36.5 Å². The lowest BCUT2D eigenvalue weighted by atomic mass is 10.1. The normalized spacial score (nSPS) is 20.9. The van der Waals surface area contributed by atoms with Crippen LogP contribution < -0.4 is 0 Å². The van der Waals surface area contributed by atoms with Crippen LogP contribution in [0.5, 0.6) is 0 Å². The first-order valence-corrected chi connectivity index (χ1v) is 8.20. The molecule has 1 saturated heterocycles. The minimum absolute atomic E-state index is 0.0877. The Hall–Kier alpha value is -0.610. The molecule has 0 amide bonds. The quantitative estimate of drug-likeness (QED) is 0.321. The lowest BCUT2D eigenvalue weighted by molar-refractivity contribution is -0.144. The van der Waals surface area contributed by atoms with Gasteiger partial charge in [0.05, 0.1) is 18.8 Å². The van der Waals surface area contributed by atoms with E-state index in [1.165, 1.54) is 44.9 Å². The first kappa shape index (κ1) is 17.4. The van der Waals surface area contributed by atoms with Gasteiger partial charge in [0, 0.05) is 6.42 Å². The van der Waals surface area contributed by atoms with E-state index in [0.29, 0.717) is 18.6 Å². The van der Waals surface area contributed by atoms with Gasteiger partial charge in [-0.2, -0.15) is 0 Å². The minimum atomic E-state index is -0.188. The molecule has 1 N–H and O–H groups in total. The zero-order valence-electron chi connectivity index (χ0n) is 12.8. The van der Waals surface area contributed by atoms with Crippen molar-refractivity contribution in [3.05, 3.63) is 0 Å². The molecule has 0 saturated carbocycles. The number of carbonyl (C=O) groups is 1. The highest BCUT2D eigenvalue weighted by atomic mass is 16.6. The Balaban J connectivity index is 1.76. The molecule has 4 heteroatoms. The molecule has 2 atom stereocenters. The van der Waals surface area contributed by atoms with Crippen LogP contribution in [0.15, 0.2) is 0 Å².